The molecule has 146 valence electrons. The summed E-state index contributed by atoms with van der Waals surface area (Å²) in [5.41, 5.74) is 2.78. The molecule has 1 aliphatic rings. The van der Waals surface area contributed by atoms with Crippen molar-refractivity contribution in [3.63, 3.8) is 0 Å². The molecular weight excluding hydrogens is 358 g/mol. The zero-order valence-electron chi connectivity index (χ0n) is 16.0. The van der Waals surface area contributed by atoms with Gasteiger partial charge >= 0.3 is 5.97 Å². The lowest BCUT2D eigenvalue weighted by molar-refractivity contribution is -0.142. The van der Waals surface area contributed by atoms with E-state index >= 15 is 0 Å². The molecule has 2 aromatic carbocycles. The molecule has 6 nitrogen and oxygen atoms in total. The predicted octanol–water partition coefficient (Wildman–Crippen LogP) is 3.24. The molecule has 0 aliphatic carbocycles. The maximum absolute atomic E-state index is 12.4. The fraction of sp³-hybridized carbons (Fsp3) is 0.273. The quantitative estimate of drug-likeness (QED) is 0.544. The summed E-state index contributed by atoms with van der Waals surface area (Å²) in [5.74, 6) is 0.421. The first-order valence-electron chi connectivity index (χ1n) is 9.16. The molecule has 1 amide bonds. The van der Waals surface area contributed by atoms with Crippen LogP contribution in [0.15, 0.2) is 48.5 Å². The van der Waals surface area contributed by atoms with Crippen molar-refractivity contribution < 1.29 is 23.8 Å². The maximum atomic E-state index is 12.4. The number of nitrogens with zero attached hydrogens (tertiary/aromatic N) is 1. The minimum Gasteiger partial charge on any atom is -0.493 e. The lowest BCUT2D eigenvalue weighted by Gasteiger charge is -2.16. The van der Waals surface area contributed by atoms with Crippen LogP contribution in [0, 0.1) is 0 Å². The van der Waals surface area contributed by atoms with Crippen LogP contribution in [-0.2, 0) is 20.7 Å². The van der Waals surface area contributed by atoms with Crippen LogP contribution in [0.25, 0.3) is 6.08 Å². The SMILES string of the molecule is CCOc1ccc(/C=C/C(=O)OCC(=O)N2CCc3ccccc32)cc1OC. The number of benzene rings is 2. The predicted molar refractivity (Wildman–Crippen MR) is 107 cm³/mol. The molecule has 6 heteroatoms. The number of para-hydroxylation sites is 1. The molecule has 0 fully saturated rings. The number of methoxy groups -OCH3 is 1. The number of amides is 1. The van der Waals surface area contributed by atoms with Gasteiger partial charge in [-0.3, -0.25) is 4.79 Å². The Bertz CT molecular complexity index is 890. The van der Waals surface area contributed by atoms with Crippen LogP contribution in [0.3, 0.4) is 0 Å². The molecule has 2 aromatic rings. The summed E-state index contributed by atoms with van der Waals surface area (Å²) >= 11 is 0. The van der Waals surface area contributed by atoms with E-state index in [9.17, 15) is 9.59 Å². The smallest absolute Gasteiger partial charge is 0.331 e. The van der Waals surface area contributed by atoms with Crippen LogP contribution >= 0.6 is 0 Å². The largest absolute Gasteiger partial charge is 0.493 e. The van der Waals surface area contributed by atoms with E-state index in [1.54, 1.807) is 30.2 Å². The molecule has 0 saturated heterocycles. The lowest BCUT2D eigenvalue weighted by Crippen LogP contribution is -2.33. The van der Waals surface area contributed by atoms with Gasteiger partial charge in [-0.05, 0) is 48.7 Å². The highest BCUT2D eigenvalue weighted by Gasteiger charge is 2.24. The number of hydrogen-bond acceptors (Lipinski definition) is 5. The van der Waals surface area contributed by atoms with Crippen LogP contribution in [0.5, 0.6) is 11.5 Å². The summed E-state index contributed by atoms with van der Waals surface area (Å²) in [7, 11) is 1.56. The Balaban J connectivity index is 1.55. The molecule has 3 rings (SSSR count). The van der Waals surface area contributed by atoms with Gasteiger partial charge in [-0.25, -0.2) is 4.79 Å². The third kappa shape index (κ3) is 4.52. The van der Waals surface area contributed by atoms with Gasteiger partial charge in [0.05, 0.1) is 13.7 Å². The van der Waals surface area contributed by atoms with Crippen LogP contribution in [0.2, 0.25) is 0 Å². The number of esters is 1. The van der Waals surface area contributed by atoms with Gasteiger partial charge in [0.1, 0.15) is 0 Å². The summed E-state index contributed by atoms with van der Waals surface area (Å²) in [6.07, 6.45) is 3.71. The van der Waals surface area contributed by atoms with Crippen molar-refractivity contribution in [2.45, 2.75) is 13.3 Å². The van der Waals surface area contributed by atoms with Crippen molar-refractivity contribution in [2.75, 3.05) is 31.8 Å². The van der Waals surface area contributed by atoms with Gasteiger partial charge in [-0.2, -0.15) is 0 Å². The molecule has 0 atom stereocenters. The maximum Gasteiger partial charge on any atom is 0.331 e. The van der Waals surface area contributed by atoms with E-state index in [1.807, 2.05) is 37.3 Å². The first-order valence-corrected chi connectivity index (χ1v) is 9.16. The molecular formula is C22H23NO5. The van der Waals surface area contributed by atoms with Gasteiger partial charge < -0.3 is 19.1 Å². The van der Waals surface area contributed by atoms with Gasteiger partial charge in [-0.1, -0.05) is 24.3 Å². The van der Waals surface area contributed by atoms with E-state index in [0.29, 0.717) is 24.7 Å². The number of hydrogen-bond donors (Lipinski definition) is 0. The minimum atomic E-state index is -0.575. The number of fused-ring (bicyclic) bond motifs is 1. The second-order valence-corrected chi connectivity index (χ2v) is 6.21. The highest BCUT2D eigenvalue weighted by atomic mass is 16.5. The highest BCUT2D eigenvalue weighted by Crippen LogP contribution is 2.29. The van der Waals surface area contributed by atoms with Crippen molar-refractivity contribution in [2.24, 2.45) is 0 Å². The first-order chi connectivity index (χ1) is 13.6. The van der Waals surface area contributed by atoms with Crippen LogP contribution < -0.4 is 14.4 Å². The number of rotatable bonds is 7. The highest BCUT2D eigenvalue weighted by molar-refractivity contribution is 5.98. The monoisotopic (exact) mass is 381 g/mol. The van der Waals surface area contributed by atoms with Crippen molar-refractivity contribution >= 4 is 23.6 Å². The first kappa shape index (κ1) is 19.5. The van der Waals surface area contributed by atoms with Crippen LogP contribution in [-0.4, -0.2) is 38.7 Å². The molecule has 0 saturated carbocycles. The molecule has 0 aromatic heterocycles. The van der Waals surface area contributed by atoms with E-state index in [2.05, 4.69) is 0 Å². The molecule has 1 heterocycles. The third-order valence-electron chi connectivity index (χ3n) is 4.43. The average molecular weight is 381 g/mol. The standard InChI is InChI=1S/C22H23NO5/c1-3-27-19-10-8-16(14-20(19)26-2)9-11-22(25)28-15-21(24)23-13-12-17-6-4-5-7-18(17)23/h4-11,14H,3,12-13,15H2,1-2H3/b11-9+. The van der Waals surface area contributed by atoms with E-state index in [1.165, 1.54) is 6.08 Å². The van der Waals surface area contributed by atoms with Crippen molar-refractivity contribution in [3.8, 4) is 11.5 Å². The molecule has 0 N–H and O–H groups in total. The normalized spacial score (nSPS) is 12.7. The zero-order chi connectivity index (χ0) is 19.9. The van der Waals surface area contributed by atoms with E-state index in [4.69, 9.17) is 14.2 Å². The number of carbonyl (C=O) groups is 2. The Morgan fingerprint density at radius 3 is 2.75 bits per heavy atom. The van der Waals surface area contributed by atoms with Gasteiger partial charge in [0.25, 0.3) is 5.91 Å². The van der Waals surface area contributed by atoms with E-state index in [0.717, 1.165) is 23.2 Å². The van der Waals surface area contributed by atoms with Gasteiger partial charge in [0.15, 0.2) is 18.1 Å². The summed E-state index contributed by atoms with van der Waals surface area (Å²) in [6, 6.07) is 13.1. The van der Waals surface area contributed by atoms with Gasteiger partial charge in [0, 0.05) is 18.3 Å². The summed E-state index contributed by atoms with van der Waals surface area (Å²) in [6.45, 7) is 2.75. The lowest BCUT2D eigenvalue weighted by atomic mass is 10.2. The molecule has 0 bridgehead atoms. The Morgan fingerprint density at radius 2 is 1.96 bits per heavy atom. The number of carbonyl (C=O) groups excluding carboxylic acids is 2. The molecule has 0 spiro atoms. The zero-order valence-corrected chi connectivity index (χ0v) is 16.0. The van der Waals surface area contributed by atoms with E-state index in [-0.39, 0.29) is 12.5 Å². The Morgan fingerprint density at radius 1 is 1.14 bits per heavy atom. The summed E-state index contributed by atoms with van der Waals surface area (Å²) < 4.78 is 15.8. The van der Waals surface area contributed by atoms with Gasteiger partial charge in [-0.15, -0.1) is 0 Å². The molecule has 0 radical (unpaired) electrons. The Labute approximate surface area is 164 Å². The fourth-order valence-corrected chi connectivity index (χ4v) is 3.08. The minimum absolute atomic E-state index is 0.227. The van der Waals surface area contributed by atoms with Crippen molar-refractivity contribution in [1.29, 1.82) is 0 Å². The van der Waals surface area contributed by atoms with E-state index < -0.39 is 5.97 Å². The topological polar surface area (TPSA) is 65.1 Å². The molecule has 28 heavy (non-hydrogen) atoms. The molecule has 1 aliphatic heterocycles. The van der Waals surface area contributed by atoms with Gasteiger partial charge in [0.2, 0.25) is 0 Å². The Hall–Kier alpha value is -3.28. The molecule has 0 unspecified atom stereocenters. The van der Waals surface area contributed by atoms with Crippen LogP contribution in [0.4, 0.5) is 5.69 Å². The van der Waals surface area contributed by atoms with Crippen molar-refractivity contribution in [3.05, 3.63) is 59.7 Å². The number of anilines is 1. The van der Waals surface area contributed by atoms with Crippen LogP contribution in [0.1, 0.15) is 18.1 Å². The summed E-state index contributed by atoms with van der Waals surface area (Å²) in [4.78, 5) is 26.0. The summed E-state index contributed by atoms with van der Waals surface area (Å²) in [5, 5.41) is 0. The Kier molecular flexibility index (Phi) is 6.32. The van der Waals surface area contributed by atoms with Crippen molar-refractivity contribution in [1.82, 2.24) is 0 Å². The second-order valence-electron chi connectivity index (χ2n) is 6.21. The average Bonchev–Trinajstić information content (AvgIpc) is 3.15. The second kappa shape index (κ2) is 9.08. The third-order valence-corrected chi connectivity index (χ3v) is 4.43. The fourth-order valence-electron chi connectivity index (χ4n) is 3.08. The number of ether oxygens (including phenoxy) is 3.